The highest BCUT2D eigenvalue weighted by Gasteiger charge is 2.14. The summed E-state index contributed by atoms with van der Waals surface area (Å²) in [6.07, 6.45) is 6.64. The topological polar surface area (TPSA) is 47.0 Å². The molecule has 0 radical (unpaired) electrons. The minimum absolute atomic E-state index is 0.288. The molecule has 0 spiro atoms. The summed E-state index contributed by atoms with van der Waals surface area (Å²) in [5.74, 6) is 1.00. The first-order valence-electron chi connectivity index (χ1n) is 6.45. The van der Waals surface area contributed by atoms with Gasteiger partial charge < -0.3 is 10.1 Å². The van der Waals surface area contributed by atoms with E-state index in [4.69, 9.17) is 4.74 Å². The highest BCUT2D eigenvalue weighted by molar-refractivity contribution is 5.46. The van der Waals surface area contributed by atoms with Crippen LogP contribution in [0.5, 0.6) is 0 Å². The van der Waals surface area contributed by atoms with Crippen LogP contribution < -0.4 is 5.32 Å². The largest absolute Gasteiger partial charge is 0.377 e. The molecule has 0 fully saturated rings. The van der Waals surface area contributed by atoms with Gasteiger partial charge in [-0.25, -0.2) is 9.97 Å². The summed E-state index contributed by atoms with van der Waals surface area (Å²) in [7, 11) is 0. The average Bonchev–Trinajstić information content (AvgIpc) is 2.34. The fourth-order valence-electron chi connectivity index (χ4n) is 2.14. The van der Waals surface area contributed by atoms with Crippen LogP contribution in [-0.4, -0.2) is 29.2 Å². The summed E-state index contributed by atoms with van der Waals surface area (Å²) < 4.78 is 5.50. The van der Waals surface area contributed by atoms with Crippen LogP contribution in [0.3, 0.4) is 0 Å². The molecule has 1 aliphatic rings. The molecule has 0 unspecified atom stereocenters. The van der Waals surface area contributed by atoms with Crippen molar-refractivity contribution in [3.05, 3.63) is 17.6 Å². The molecule has 1 N–H and O–H groups in total. The lowest BCUT2D eigenvalue weighted by molar-refractivity contribution is 0.0870. The van der Waals surface area contributed by atoms with E-state index in [9.17, 15) is 0 Å². The van der Waals surface area contributed by atoms with E-state index in [0.29, 0.717) is 0 Å². The molecule has 2 rings (SSSR count). The van der Waals surface area contributed by atoms with Gasteiger partial charge in [-0.1, -0.05) is 0 Å². The molecular formula is C13H21N3O. The Morgan fingerprint density at radius 2 is 2.12 bits per heavy atom. The van der Waals surface area contributed by atoms with Gasteiger partial charge in [0.05, 0.1) is 12.7 Å². The summed E-state index contributed by atoms with van der Waals surface area (Å²) in [6.45, 7) is 5.62. The molecule has 0 bridgehead atoms. The first kappa shape index (κ1) is 12.3. The smallest absolute Gasteiger partial charge is 0.132 e. The van der Waals surface area contributed by atoms with Gasteiger partial charge in [-0.2, -0.15) is 0 Å². The number of rotatable bonds is 5. The van der Waals surface area contributed by atoms with Gasteiger partial charge in [-0.05, 0) is 39.5 Å². The number of nitrogens with zero attached hydrogens (tertiary/aromatic N) is 2. The maximum absolute atomic E-state index is 5.50. The van der Waals surface area contributed by atoms with Crippen molar-refractivity contribution in [2.24, 2.45) is 0 Å². The second-order valence-corrected chi connectivity index (χ2v) is 4.70. The Bertz CT molecular complexity index is 366. The summed E-state index contributed by atoms with van der Waals surface area (Å²) in [5, 5.41) is 3.35. The molecule has 4 heteroatoms. The molecule has 4 nitrogen and oxygen atoms in total. The molecular weight excluding hydrogens is 214 g/mol. The Labute approximate surface area is 103 Å². The van der Waals surface area contributed by atoms with Crippen LogP contribution in [0, 0.1) is 0 Å². The third-order valence-corrected chi connectivity index (χ3v) is 2.97. The lowest BCUT2D eigenvalue weighted by Crippen LogP contribution is -2.17. The molecule has 1 aromatic rings. The molecule has 1 heterocycles. The van der Waals surface area contributed by atoms with Gasteiger partial charge in [-0.3, -0.25) is 0 Å². The van der Waals surface area contributed by atoms with Gasteiger partial charge in [0.1, 0.15) is 12.1 Å². The van der Waals surface area contributed by atoms with E-state index in [-0.39, 0.29) is 6.10 Å². The molecule has 0 amide bonds. The van der Waals surface area contributed by atoms with E-state index in [2.05, 4.69) is 15.3 Å². The summed E-state index contributed by atoms with van der Waals surface area (Å²) in [4.78, 5) is 8.68. The number of anilines is 1. The van der Waals surface area contributed by atoms with Crippen molar-refractivity contribution in [1.82, 2.24) is 9.97 Å². The summed E-state index contributed by atoms with van der Waals surface area (Å²) >= 11 is 0. The van der Waals surface area contributed by atoms with E-state index in [1.54, 1.807) is 6.33 Å². The van der Waals surface area contributed by atoms with Crippen molar-refractivity contribution in [3.63, 3.8) is 0 Å². The van der Waals surface area contributed by atoms with Crippen LogP contribution in [0.2, 0.25) is 0 Å². The maximum atomic E-state index is 5.50. The zero-order valence-corrected chi connectivity index (χ0v) is 10.7. The summed E-state index contributed by atoms with van der Waals surface area (Å²) in [6, 6.07) is 0. The van der Waals surface area contributed by atoms with Gasteiger partial charge in [0, 0.05) is 17.8 Å². The summed E-state index contributed by atoms with van der Waals surface area (Å²) in [5.41, 5.74) is 2.53. The Kier molecular flexibility index (Phi) is 4.31. The number of aryl methyl sites for hydroxylation is 1. The Morgan fingerprint density at radius 1 is 1.29 bits per heavy atom. The fraction of sp³-hybridized carbons (Fsp3) is 0.692. The van der Waals surface area contributed by atoms with Crippen molar-refractivity contribution in [2.45, 2.75) is 45.6 Å². The molecule has 0 aliphatic heterocycles. The predicted molar refractivity (Wildman–Crippen MR) is 68.3 cm³/mol. The number of ether oxygens (including phenoxy) is 1. The van der Waals surface area contributed by atoms with Crippen molar-refractivity contribution < 1.29 is 4.74 Å². The van der Waals surface area contributed by atoms with E-state index in [1.165, 1.54) is 24.1 Å². The van der Waals surface area contributed by atoms with Crippen LogP contribution in [-0.2, 0) is 17.6 Å². The molecule has 1 aromatic heterocycles. The van der Waals surface area contributed by atoms with Crippen LogP contribution >= 0.6 is 0 Å². The zero-order valence-electron chi connectivity index (χ0n) is 10.7. The first-order valence-corrected chi connectivity index (χ1v) is 6.45. The predicted octanol–water partition coefficient (Wildman–Crippen LogP) is 2.19. The average molecular weight is 235 g/mol. The van der Waals surface area contributed by atoms with Crippen LogP contribution in [0.15, 0.2) is 6.33 Å². The third kappa shape index (κ3) is 3.40. The minimum atomic E-state index is 0.288. The lowest BCUT2D eigenvalue weighted by Gasteiger charge is -2.18. The molecule has 94 valence electrons. The molecule has 1 aliphatic carbocycles. The number of nitrogens with one attached hydrogen (secondary N) is 1. The molecule has 0 saturated carbocycles. The lowest BCUT2D eigenvalue weighted by atomic mass is 9.96. The van der Waals surface area contributed by atoms with Gasteiger partial charge in [0.2, 0.25) is 0 Å². The van der Waals surface area contributed by atoms with Gasteiger partial charge in [0.25, 0.3) is 0 Å². The van der Waals surface area contributed by atoms with Crippen molar-refractivity contribution in [2.75, 3.05) is 18.5 Å². The fourth-order valence-corrected chi connectivity index (χ4v) is 2.14. The minimum Gasteiger partial charge on any atom is -0.377 e. The third-order valence-electron chi connectivity index (χ3n) is 2.97. The van der Waals surface area contributed by atoms with Crippen LogP contribution in [0.1, 0.15) is 37.9 Å². The molecule has 0 atom stereocenters. The van der Waals surface area contributed by atoms with Gasteiger partial charge >= 0.3 is 0 Å². The maximum Gasteiger partial charge on any atom is 0.132 e. The van der Waals surface area contributed by atoms with Crippen molar-refractivity contribution in [1.29, 1.82) is 0 Å². The second kappa shape index (κ2) is 5.96. The van der Waals surface area contributed by atoms with Crippen LogP contribution in [0.4, 0.5) is 5.82 Å². The van der Waals surface area contributed by atoms with Gasteiger partial charge in [-0.15, -0.1) is 0 Å². The van der Waals surface area contributed by atoms with E-state index >= 15 is 0 Å². The van der Waals surface area contributed by atoms with E-state index < -0.39 is 0 Å². The quantitative estimate of drug-likeness (QED) is 0.795. The van der Waals surface area contributed by atoms with E-state index in [0.717, 1.165) is 31.8 Å². The van der Waals surface area contributed by atoms with Crippen molar-refractivity contribution >= 4 is 5.82 Å². The van der Waals surface area contributed by atoms with Gasteiger partial charge in [0.15, 0.2) is 0 Å². The highest BCUT2D eigenvalue weighted by atomic mass is 16.5. The standard InChI is InChI=1S/C13H21N3O/c1-10(2)17-8-7-14-13-11-5-3-4-6-12(11)15-9-16-13/h9-10H,3-8H2,1-2H3,(H,14,15,16). The monoisotopic (exact) mass is 235 g/mol. The Morgan fingerprint density at radius 3 is 2.94 bits per heavy atom. The normalized spacial score (nSPS) is 14.8. The first-order chi connectivity index (χ1) is 8.27. The Balaban J connectivity index is 1.92. The number of hydrogen-bond donors (Lipinski definition) is 1. The Hall–Kier alpha value is -1.16. The van der Waals surface area contributed by atoms with Crippen molar-refractivity contribution in [3.8, 4) is 0 Å². The van der Waals surface area contributed by atoms with Crippen LogP contribution in [0.25, 0.3) is 0 Å². The number of hydrogen-bond acceptors (Lipinski definition) is 4. The molecule has 0 aromatic carbocycles. The zero-order chi connectivity index (χ0) is 12.1. The number of aromatic nitrogens is 2. The second-order valence-electron chi connectivity index (χ2n) is 4.70. The molecule has 0 saturated heterocycles. The SMILES string of the molecule is CC(C)OCCNc1ncnc2c1CCCC2. The number of fused-ring (bicyclic) bond motifs is 1. The molecule has 17 heavy (non-hydrogen) atoms. The van der Waals surface area contributed by atoms with E-state index in [1.807, 2.05) is 13.8 Å². The highest BCUT2D eigenvalue weighted by Crippen LogP contribution is 2.23.